The zero-order valence-electron chi connectivity index (χ0n) is 36.3. The highest BCUT2D eigenvalue weighted by Gasteiger charge is 2.38. The van der Waals surface area contributed by atoms with Crippen molar-refractivity contribution in [2.75, 3.05) is 0 Å². The number of fused-ring (bicyclic) bond motifs is 20. The average Bonchev–Trinajstić information content (AvgIpc) is 4.17. The normalized spacial score (nSPS) is 20.2. The van der Waals surface area contributed by atoms with Gasteiger partial charge in [-0.2, -0.15) is 0 Å². The Morgan fingerprint density at radius 1 is 0.537 bits per heavy atom. The van der Waals surface area contributed by atoms with Gasteiger partial charge in [0.1, 0.15) is 0 Å². The van der Waals surface area contributed by atoms with Crippen LogP contribution in [0.5, 0.6) is 0 Å². The van der Waals surface area contributed by atoms with Gasteiger partial charge >= 0.3 is 7.05 Å². The summed E-state index contributed by atoms with van der Waals surface area (Å²) in [5.74, 6) is -1.35. The van der Waals surface area contributed by atoms with E-state index in [0.29, 0.717) is 22.3 Å². The number of aromatic nitrogens is 4. The van der Waals surface area contributed by atoms with Crippen LogP contribution in [-0.2, 0) is 0 Å². The van der Waals surface area contributed by atoms with Gasteiger partial charge in [-0.05, 0) is 56.8 Å². The summed E-state index contributed by atoms with van der Waals surface area (Å²) in [5.41, 5.74) is 15.6. The Morgan fingerprint density at radius 3 is 1.39 bits per heavy atom. The number of imide groups is 2. The van der Waals surface area contributed by atoms with E-state index in [9.17, 15) is 24.2 Å². The monoisotopic (exact) mass is 882 g/mol. The second-order valence-electron chi connectivity index (χ2n) is 18.3. The van der Waals surface area contributed by atoms with Crippen LogP contribution in [0.4, 0.5) is 0 Å². The zero-order valence-corrected chi connectivity index (χ0v) is 36.3. The maximum absolute atomic E-state index is 13.2. The number of nitrogens with two attached hydrogens (primary N) is 1. The molecule has 10 aromatic rings. The molecule has 0 radical (unpaired) electrons. The highest BCUT2D eigenvalue weighted by molar-refractivity contribution is 6.45. The number of para-hydroxylation sites is 4. The molecule has 4 atom stereocenters. The minimum absolute atomic E-state index is 0.0669. The summed E-state index contributed by atoms with van der Waals surface area (Å²) in [4.78, 5) is 59.4. The number of hydrogen-bond donors (Lipinski definition) is 7. The predicted molar refractivity (Wildman–Crippen MR) is 265 cm³/mol. The third-order valence-electron chi connectivity index (χ3n) is 14.4. The van der Waals surface area contributed by atoms with Crippen LogP contribution in [0.3, 0.4) is 0 Å². The molecule has 0 saturated heterocycles. The number of rotatable bonds is 4. The Bertz CT molecular complexity index is 3920. The van der Waals surface area contributed by atoms with E-state index in [1.807, 2.05) is 84.9 Å². The first kappa shape index (κ1) is 39.6. The van der Waals surface area contributed by atoms with Gasteiger partial charge in [-0.1, -0.05) is 97.1 Å². The summed E-state index contributed by atoms with van der Waals surface area (Å²) in [5, 5.41) is 25.1. The number of hydrogen-bond acceptors (Lipinski definition) is 7. The topological polar surface area (TPSA) is 192 Å². The van der Waals surface area contributed by atoms with Gasteiger partial charge in [-0.15, -0.1) is 0 Å². The zero-order chi connectivity index (χ0) is 45.4. The van der Waals surface area contributed by atoms with Gasteiger partial charge in [0.2, 0.25) is 0 Å². The van der Waals surface area contributed by atoms with Crippen LogP contribution >= 0.6 is 0 Å². The molecule has 3 unspecified atom stereocenters. The quantitative estimate of drug-likeness (QED) is 0.0522. The molecule has 67 heavy (non-hydrogen) atoms. The van der Waals surface area contributed by atoms with E-state index in [1.54, 1.807) is 6.82 Å². The first-order chi connectivity index (χ1) is 32.7. The third-order valence-corrected chi connectivity index (χ3v) is 14.4. The molecule has 0 bridgehead atoms. The van der Waals surface area contributed by atoms with E-state index in [0.717, 1.165) is 113 Å². The lowest BCUT2D eigenvalue weighted by molar-refractivity contribution is 0.0864. The first-order valence-electron chi connectivity index (χ1n) is 22.9. The summed E-state index contributed by atoms with van der Waals surface area (Å²) >= 11 is 0. The highest BCUT2D eigenvalue weighted by atomic mass is 16.2. The average molecular weight is 883 g/mol. The minimum Gasteiger partial charge on any atom is -0.437 e. The Hall–Kier alpha value is -7.78. The van der Waals surface area contributed by atoms with Gasteiger partial charge in [0.05, 0.1) is 56.4 Å². The van der Waals surface area contributed by atoms with Crippen LogP contribution in [0, 0.1) is 0 Å². The number of aromatic amines is 2. The minimum atomic E-state index is -0.570. The molecule has 14 heteroatoms. The maximum Gasteiger partial charge on any atom is 0.374 e. The summed E-state index contributed by atoms with van der Waals surface area (Å²) in [6, 6.07) is 32.5. The molecule has 0 saturated carbocycles. The number of benzene rings is 6. The van der Waals surface area contributed by atoms with Crippen molar-refractivity contribution in [2.24, 2.45) is 5.73 Å². The lowest BCUT2D eigenvalue weighted by Gasteiger charge is -2.26. The molecule has 4 aliphatic rings. The molecule has 328 valence electrons. The number of carbonyl (C=O) groups is 4. The number of nitrogens with zero attached hydrogens (tertiary/aromatic N) is 2. The standard InChI is InChI=1S/C27H23BN4O3.C26H20N4O2/c1-28(35)31-14-10-12-15(13-11-14)32-19-9-5-3-7-17(19)21-23-22(26(33)30-27(23)34)20-16-6-2-4-8-18(16)29-24(20)25(21)32;27-13-9-11-14(12-10-13)30-18-8-4-2-6-16(18)20-22-21(25(31)29-26(22)32)19-15-5-1-3-7-17(15)28-23(19)24(20)30/h2-10,12,14-15,29,31,35H,11,13H2,1H3,(H,30,33,34);1-9,11,13-14,28H,10,12,27H2,(H,29,31,32)/t;13-,14?/m.0/s1. The Kier molecular flexibility index (Phi) is 8.63. The highest BCUT2D eigenvalue weighted by Crippen LogP contribution is 2.47. The second kappa shape index (κ2) is 14.6. The fourth-order valence-corrected chi connectivity index (χ4v) is 11.7. The van der Waals surface area contributed by atoms with Crippen molar-refractivity contribution in [3.8, 4) is 0 Å². The van der Waals surface area contributed by atoms with Crippen molar-refractivity contribution in [2.45, 2.75) is 56.7 Å². The van der Waals surface area contributed by atoms with E-state index in [-0.39, 0.29) is 47.8 Å². The largest absolute Gasteiger partial charge is 0.437 e. The van der Waals surface area contributed by atoms with Crippen LogP contribution in [0.2, 0.25) is 6.82 Å². The van der Waals surface area contributed by atoms with E-state index >= 15 is 0 Å². The van der Waals surface area contributed by atoms with Crippen LogP contribution in [-0.4, -0.2) is 66.9 Å². The molecule has 2 aliphatic heterocycles. The van der Waals surface area contributed by atoms with E-state index in [4.69, 9.17) is 5.73 Å². The van der Waals surface area contributed by atoms with Gasteiger partial charge in [-0.3, -0.25) is 29.8 Å². The molecule has 4 amide bonds. The SMILES string of the molecule is CB(O)NC1C=CC(n2c3ccccc3c3c4c(c5c6ccccc6[nH]c5c32)C(=O)NC4=O)CC1.N[C@H]1C=CC(n2c3ccccc3c3c4c(c5c6ccccc6[nH]c5c32)C(=O)NC4=O)CC1. The number of H-pyrrole nitrogens is 2. The van der Waals surface area contributed by atoms with Gasteiger partial charge in [0.25, 0.3) is 23.6 Å². The number of carbonyl (C=O) groups excluding carboxylic acids is 4. The molecule has 14 rings (SSSR count). The fourth-order valence-electron chi connectivity index (χ4n) is 11.7. The van der Waals surface area contributed by atoms with Gasteiger partial charge in [-0.25, -0.2) is 0 Å². The Labute approximate surface area is 381 Å². The first-order valence-corrected chi connectivity index (χ1v) is 22.9. The van der Waals surface area contributed by atoms with Crippen LogP contribution < -0.4 is 21.6 Å². The van der Waals surface area contributed by atoms with Gasteiger partial charge < -0.3 is 35.1 Å². The predicted octanol–water partition coefficient (Wildman–Crippen LogP) is 8.80. The van der Waals surface area contributed by atoms with Crippen molar-refractivity contribution < 1.29 is 24.2 Å². The smallest absolute Gasteiger partial charge is 0.374 e. The number of nitrogens with one attached hydrogen (secondary N) is 5. The third kappa shape index (κ3) is 5.67. The van der Waals surface area contributed by atoms with Crippen LogP contribution in [0.1, 0.15) is 79.2 Å². The maximum atomic E-state index is 13.2. The van der Waals surface area contributed by atoms with Crippen molar-refractivity contribution in [3.05, 3.63) is 144 Å². The van der Waals surface area contributed by atoms with Gasteiger partial charge in [0.15, 0.2) is 0 Å². The van der Waals surface area contributed by atoms with Gasteiger partial charge in [0, 0.05) is 77.2 Å². The van der Waals surface area contributed by atoms with E-state index in [1.165, 1.54) is 0 Å². The van der Waals surface area contributed by atoms with E-state index in [2.05, 4.69) is 71.4 Å². The lowest BCUT2D eigenvalue weighted by Crippen LogP contribution is -2.40. The molecule has 8 N–H and O–H groups in total. The Balaban J connectivity index is 0.000000134. The molecule has 0 spiro atoms. The summed E-state index contributed by atoms with van der Waals surface area (Å²) in [6.45, 7) is 1.73. The molecule has 6 aromatic carbocycles. The summed E-state index contributed by atoms with van der Waals surface area (Å²) < 4.78 is 4.63. The van der Waals surface area contributed by atoms with Crippen LogP contribution in [0.15, 0.2) is 121 Å². The molecule has 13 nitrogen and oxygen atoms in total. The lowest BCUT2D eigenvalue weighted by atomic mass is 9.85. The molecule has 4 aromatic heterocycles. The Morgan fingerprint density at radius 2 is 0.955 bits per heavy atom. The van der Waals surface area contributed by atoms with Crippen molar-refractivity contribution in [1.29, 1.82) is 0 Å². The van der Waals surface area contributed by atoms with Crippen molar-refractivity contribution in [3.63, 3.8) is 0 Å². The molecular weight excluding hydrogens is 839 g/mol. The summed E-state index contributed by atoms with van der Waals surface area (Å²) in [6.07, 6.45) is 12.1. The molecular formula is C53H43BN8O5. The number of amides is 4. The summed E-state index contributed by atoms with van der Waals surface area (Å²) in [7, 11) is -0.570. The van der Waals surface area contributed by atoms with Crippen molar-refractivity contribution in [1.82, 2.24) is 35.0 Å². The van der Waals surface area contributed by atoms with E-state index < -0.39 is 7.05 Å². The molecule has 2 aliphatic carbocycles. The molecule has 0 fully saturated rings. The second-order valence-corrected chi connectivity index (χ2v) is 18.3. The number of allylic oxidation sites excluding steroid dienone is 2. The fraction of sp³-hybridized carbons (Fsp3) is 0.170. The molecule has 6 heterocycles. The van der Waals surface area contributed by atoms with Crippen molar-refractivity contribution >= 4 is 118 Å². The van der Waals surface area contributed by atoms with Crippen LogP contribution in [0.25, 0.3) is 87.2 Å².